The second kappa shape index (κ2) is 14.1. The second-order valence-electron chi connectivity index (χ2n) is 9.08. The van der Waals surface area contributed by atoms with E-state index in [1.54, 1.807) is 12.1 Å². The number of hydrogen-bond acceptors (Lipinski definition) is 8. The van der Waals surface area contributed by atoms with Gasteiger partial charge in [0, 0.05) is 13.0 Å². The van der Waals surface area contributed by atoms with Gasteiger partial charge < -0.3 is 42.9 Å². The summed E-state index contributed by atoms with van der Waals surface area (Å²) in [7, 11) is 0. The number of nitrogens with two attached hydrogens (primary N) is 3. The van der Waals surface area contributed by atoms with Crippen molar-refractivity contribution in [2.75, 3.05) is 13.1 Å². The quantitative estimate of drug-likeness (QED) is 0.138. The van der Waals surface area contributed by atoms with Gasteiger partial charge in [-0.05, 0) is 49.9 Å². The summed E-state index contributed by atoms with van der Waals surface area (Å²) in [5.74, 6) is -4.14. The third kappa shape index (κ3) is 9.03. The zero-order valence-electron chi connectivity index (χ0n) is 20.6. The number of amides is 4. The lowest BCUT2D eigenvalue weighted by Gasteiger charge is -2.28. The number of carbonyl (C=O) groups excluding carboxylic acids is 4. The molecule has 13 heteroatoms. The van der Waals surface area contributed by atoms with Gasteiger partial charge in [-0.1, -0.05) is 18.6 Å². The molecular weight excluding hydrogens is 484 g/mol. The molecule has 4 atom stereocenters. The monoisotopic (exact) mass is 520 g/mol. The number of aliphatic carboxylic acids is 1. The summed E-state index contributed by atoms with van der Waals surface area (Å²) >= 11 is 0. The summed E-state index contributed by atoms with van der Waals surface area (Å²) < 4.78 is 0. The first-order valence-corrected chi connectivity index (χ1v) is 12.2. The first-order valence-electron chi connectivity index (χ1n) is 12.2. The highest BCUT2D eigenvalue weighted by molar-refractivity contribution is 5.96. The lowest BCUT2D eigenvalue weighted by molar-refractivity contribution is -0.149. The lowest BCUT2D eigenvalue weighted by Crippen LogP contribution is -2.58. The standard InChI is InChI=1S/C24H36N6O7/c25-10-2-1-4-16(26)21(33)28-17(12-14-6-8-15(31)9-7-14)22(34)29-18(13-20(27)32)23(35)30-11-3-5-19(30)24(36)37/h6-9,16-19,31H,1-5,10-13,25-26H2,(H2,27,32)(H,28,33)(H,29,34)(H,36,37). The number of primary amides is 1. The van der Waals surface area contributed by atoms with Crippen LogP contribution in [0, 0.1) is 0 Å². The molecule has 1 heterocycles. The Morgan fingerprint density at radius 1 is 1.03 bits per heavy atom. The van der Waals surface area contributed by atoms with E-state index in [0.29, 0.717) is 37.8 Å². The number of carboxylic acids is 1. The van der Waals surface area contributed by atoms with Crippen molar-refractivity contribution in [2.24, 2.45) is 17.2 Å². The van der Waals surface area contributed by atoms with Gasteiger partial charge >= 0.3 is 5.97 Å². The number of phenols is 1. The maximum Gasteiger partial charge on any atom is 0.326 e. The van der Waals surface area contributed by atoms with E-state index < -0.39 is 60.2 Å². The largest absolute Gasteiger partial charge is 0.508 e. The Kier molecular flexibility index (Phi) is 11.3. The van der Waals surface area contributed by atoms with Crippen LogP contribution in [0.4, 0.5) is 0 Å². The van der Waals surface area contributed by atoms with Gasteiger partial charge in [-0.15, -0.1) is 0 Å². The van der Waals surface area contributed by atoms with Crippen LogP contribution in [0.2, 0.25) is 0 Å². The zero-order valence-corrected chi connectivity index (χ0v) is 20.6. The van der Waals surface area contributed by atoms with Gasteiger partial charge in [-0.3, -0.25) is 19.2 Å². The molecule has 1 fully saturated rings. The number of carbonyl (C=O) groups is 5. The summed E-state index contributed by atoms with van der Waals surface area (Å²) in [5.41, 5.74) is 17.3. The smallest absolute Gasteiger partial charge is 0.326 e. The van der Waals surface area contributed by atoms with Crippen LogP contribution >= 0.6 is 0 Å². The number of nitrogens with one attached hydrogen (secondary N) is 2. The Morgan fingerprint density at radius 2 is 1.68 bits per heavy atom. The highest BCUT2D eigenvalue weighted by Crippen LogP contribution is 2.19. The zero-order chi connectivity index (χ0) is 27.5. The number of phenolic OH excluding ortho intramolecular Hbond substituents is 1. The molecule has 4 amide bonds. The molecule has 37 heavy (non-hydrogen) atoms. The molecule has 0 bridgehead atoms. The predicted molar refractivity (Wildman–Crippen MR) is 133 cm³/mol. The van der Waals surface area contributed by atoms with Crippen LogP contribution in [0.15, 0.2) is 24.3 Å². The Balaban J connectivity index is 2.22. The molecule has 204 valence electrons. The Bertz CT molecular complexity index is 971. The number of unbranched alkanes of at least 4 members (excludes halogenated alkanes) is 1. The summed E-state index contributed by atoms with van der Waals surface area (Å²) in [6.45, 7) is 0.613. The molecule has 13 nitrogen and oxygen atoms in total. The first-order chi connectivity index (χ1) is 17.5. The molecule has 0 radical (unpaired) electrons. The van der Waals surface area contributed by atoms with Gasteiger partial charge in [0.2, 0.25) is 23.6 Å². The Labute approximate surface area is 214 Å². The number of likely N-dealkylation sites (tertiary alicyclic amines) is 1. The van der Waals surface area contributed by atoms with E-state index in [-0.39, 0.29) is 25.1 Å². The Morgan fingerprint density at radius 3 is 2.27 bits per heavy atom. The fraction of sp³-hybridized carbons (Fsp3) is 0.542. The van der Waals surface area contributed by atoms with Crippen molar-refractivity contribution in [2.45, 2.75) is 69.1 Å². The molecule has 1 saturated heterocycles. The number of hydrogen-bond donors (Lipinski definition) is 7. The van der Waals surface area contributed by atoms with Gasteiger partial charge in [-0.25, -0.2) is 4.79 Å². The maximum absolute atomic E-state index is 13.3. The van der Waals surface area contributed by atoms with E-state index >= 15 is 0 Å². The third-order valence-corrected chi connectivity index (χ3v) is 6.16. The highest BCUT2D eigenvalue weighted by atomic mass is 16.4. The number of aromatic hydroxyl groups is 1. The van der Waals surface area contributed by atoms with E-state index in [9.17, 15) is 34.2 Å². The van der Waals surface area contributed by atoms with Gasteiger partial charge in [0.15, 0.2) is 0 Å². The molecule has 0 spiro atoms. The third-order valence-electron chi connectivity index (χ3n) is 6.16. The fourth-order valence-corrected chi connectivity index (χ4v) is 4.16. The minimum absolute atomic E-state index is 0.00762. The van der Waals surface area contributed by atoms with Crippen molar-refractivity contribution in [3.63, 3.8) is 0 Å². The number of rotatable bonds is 14. The topological polar surface area (TPSA) is 231 Å². The van der Waals surface area contributed by atoms with E-state index in [1.807, 2.05) is 0 Å². The van der Waals surface area contributed by atoms with Gasteiger partial charge in [0.1, 0.15) is 23.9 Å². The van der Waals surface area contributed by atoms with Crippen molar-refractivity contribution < 1.29 is 34.2 Å². The van der Waals surface area contributed by atoms with Crippen LogP contribution in [0.1, 0.15) is 44.1 Å². The minimum atomic E-state index is -1.41. The van der Waals surface area contributed by atoms with Gasteiger partial charge in [0.25, 0.3) is 0 Å². The average molecular weight is 521 g/mol. The Hall–Kier alpha value is -3.71. The molecular formula is C24H36N6O7. The van der Waals surface area contributed by atoms with Crippen LogP contribution < -0.4 is 27.8 Å². The number of benzene rings is 1. The molecule has 1 aliphatic rings. The van der Waals surface area contributed by atoms with Crippen molar-refractivity contribution >= 4 is 29.6 Å². The van der Waals surface area contributed by atoms with Crippen molar-refractivity contribution in [3.05, 3.63) is 29.8 Å². The van der Waals surface area contributed by atoms with Crippen LogP contribution in [0.25, 0.3) is 0 Å². The van der Waals surface area contributed by atoms with Crippen molar-refractivity contribution in [3.8, 4) is 5.75 Å². The summed E-state index contributed by atoms with van der Waals surface area (Å²) in [4.78, 5) is 63.5. The predicted octanol–water partition coefficient (Wildman–Crippen LogP) is -1.69. The second-order valence-corrected chi connectivity index (χ2v) is 9.08. The minimum Gasteiger partial charge on any atom is -0.508 e. The fourth-order valence-electron chi connectivity index (χ4n) is 4.16. The maximum atomic E-state index is 13.3. The van der Waals surface area contributed by atoms with E-state index in [4.69, 9.17) is 17.2 Å². The van der Waals surface area contributed by atoms with Crippen molar-refractivity contribution in [1.82, 2.24) is 15.5 Å². The normalized spacial score (nSPS) is 17.5. The van der Waals surface area contributed by atoms with Gasteiger partial charge in [-0.2, -0.15) is 0 Å². The summed E-state index contributed by atoms with van der Waals surface area (Å²) in [5, 5.41) is 24.0. The molecule has 1 aliphatic heterocycles. The SMILES string of the molecule is NCCCCC(N)C(=O)NC(Cc1ccc(O)cc1)C(=O)NC(CC(N)=O)C(=O)N1CCCC1C(=O)O. The number of carboxylic acid groups (broad SMARTS) is 1. The van der Waals surface area contributed by atoms with Crippen molar-refractivity contribution in [1.29, 1.82) is 0 Å². The van der Waals surface area contributed by atoms with E-state index in [2.05, 4.69) is 10.6 Å². The van der Waals surface area contributed by atoms with Crippen LogP contribution in [0.3, 0.4) is 0 Å². The van der Waals surface area contributed by atoms with E-state index in [1.165, 1.54) is 12.1 Å². The van der Waals surface area contributed by atoms with E-state index in [0.717, 1.165) is 4.90 Å². The molecule has 2 rings (SSSR count). The first kappa shape index (κ1) is 29.5. The molecule has 0 aromatic heterocycles. The van der Waals surface area contributed by atoms with Crippen LogP contribution in [0.5, 0.6) is 5.75 Å². The molecule has 4 unspecified atom stereocenters. The highest BCUT2D eigenvalue weighted by Gasteiger charge is 2.39. The molecule has 1 aromatic rings. The molecule has 0 saturated carbocycles. The number of nitrogens with zero attached hydrogens (tertiary/aromatic N) is 1. The average Bonchev–Trinajstić information content (AvgIpc) is 3.34. The van der Waals surface area contributed by atoms with Crippen LogP contribution in [-0.2, 0) is 30.4 Å². The summed E-state index contributed by atoms with van der Waals surface area (Å²) in [6, 6.07) is 1.40. The molecule has 1 aromatic carbocycles. The molecule has 10 N–H and O–H groups in total. The molecule has 0 aliphatic carbocycles. The van der Waals surface area contributed by atoms with Gasteiger partial charge in [0.05, 0.1) is 12.5 Å². The summed E-state index contributed by atoms with van der Waals surface area (Å²) in [6.07, 6.45) is 1.81. The lowest BCUT2D eigenvalue weighted by atomic mass is 10.0. The van der Waals surface area contributed by atoms with Crippen LogP contribution in [-0.4, -0.2) is 82.0 Å².